The van der Waals surface area contributed by atoms with Crippen molar-refractivity contribution in [2.75, 3.05) is 6.54 Å². The molecule has 6 nitrogen and oxygen atoms in total. The van der Waals surface area contributed by atoms with E-state index in [4.69, 9.17) is 4.52 Å². The van der Waals surface area contributed by atoms with E-state index in [1.165, 1.54) is 6.33 Å². The molecule has 0 saturated carbocycles. The van der Waals surface area contributed by atoms with E-state index in [-0.39, 0.29) is 18.0 Å². The van der Waals surface area contributed by atoms with Crippen LogP contribution >= 0.6 is 0 Å². The van der Waals surface area contributed by atoms with E-state index < -0.39 is 0 Å². The highest BCUT2D eigenvalue weighted by Gasteiger charge is 2.14. The largest absolute Gasteiger partial charge is 0.352 e. The summed E-state index contributed by atoms with van der Waals surface area (Å²) in [5, 5.41) is 9.62. The fraction of sp³-hybridized carbons (Fsp3) is 0.750. The summed E-state index contributed by atoms with van der Waals surface area (Å²) in [4.78, 5) is 15.7. The van der Waals surface area contributed by atoms with Crippen molar-refractivity contribution in [3.63, 3.8) is 0 Å². The van der Waals surface area contributed by atoms with E-state index in [2.05, 4.69) is 27.7 Å². The van der Waals surface area contributed by atoms with Gasteiger partial charge in [0.2, 0.25) is 11.8 Å². The number of aromatic nitrogens is 2. The maximum absolute atomic E-state index is 11.8. The summed E-state index contributed by atoms with van der Waals surface area (Å²) >= 11 is 0. The summed E-state index contributed by atoms with van der Waals surface area (Å²) < 4.78 is 4.87. The van der Waals surface area contributed by atoms with E-state index in [9.17, 15) is 4.79 Å². The van der Waals surface area contributed by atoms with Crippen molar-refractivity contribution in [2.45, 2.75) is 52.1 Å². The molecule has 0 aliphatic rings. The van der Waals surface area contributed by atoms with Crippen molar-refractivity contribution >= 4 is 5.91 Å². The first-order valence-electron chi connectivity index (χ1n) is 6.42. The average molecular weight is 254 g/mol. The molecule has 0 aromatic carbocycles. The van der Waals surface area contributed by atoms with Gasteiger partial charge in [-0.15, -0.1) is 0 Å². The number of amides is 1. The Balaban J connectivity index is 2.19. The van der Waals surface area contributed by atoms with Crippen molar-refractivity contribution in [1.82, 2.24) is 20.8 Å². The van der Waals surface area contributed by atoms with Gasteiger partial charge in [0.05, 0.1) is 6.04 Å². The minimum atomic E-state index is -0.216. The summed E-state index contributed by atoms with van der Waals surface area (Å²) in [5.74, 6) is 0.607. The Bertz CT molecular complexity index is 340. The van der Waals surface area contributed by atoms with Gasteiger partial charge in [0.25, 0.3) is 0 Å². The van der Waals surface area contributed by atoms with Crippen LogP contribution in [-0.4, -0.2) is 34.7 Å². The Kier molecular flexibility index (Phi) is 6.35. The van der Waals surface area contributed by atoms with Gasteiger partial charge < -0.3 is 15.2 Å². The Hall–Kier alpha value is -1.43. The first-order valence-corrected chi connectivity index (χ1v) is 6.42. The molecule has 2 unspecified atom stereocenters. The lowest BCUT2D eigenvalue weighted by Gasteiger charge is -2.17. The SMILES string of the molecule is CCCC(C)NC(=O)C(C)NCCc1ncno1. The lowest BCUT2D eigenvalue weighted by molar-refractivity contribution is -0.123. The Morgan fingerprint density at radius 1 is 1.50 bits per heavy atom. The van der Waals surface area contributed by atoms with E-state index in [0.29, 0.717) is 18.9 Å². The lowest BCUT2D eigenvalue weighted by Crippen LogP contribution is -2.45. The average Bonchev–Trinajstić information content (AvgIpc) is 2.82. The Morgan fingerprint density at radius 2 is 2.28 bits per heavy atom. The predicted molar refractivity (Wildman–Crippen MR) is 68.0 cm³/mol. The van der Waals surface area contributed by atoms with E-state index >= 15 is 0 Å². The standard InChI is InChI=1S/C12H22N4O2/c1-4-5-9(2)16-12(17)10(3)13-7-6-11-14-8-15-18-11/h8-10,13H,4-7H2,1-3H3,(H,16,17). The molecule has 2 N–H and O–H groups in total. The highest BCUT2D eigenvalue weighted by Crippen LogP contribution is 1.96. The third-order valence-electron chi connectivity index (χ3n) is 2.70. The van der Waals surface area contributed by atoms with Crippen LogP contribution in [0, 0.1) is 0 Å². The first-order chi connectivity index (χ1) is 8.63. The van der Waals surface area contributed by atoms with Crippen molar-refractivity contribution in [3.8, 4) is 0 Å². The molecule has 1 amide bonds. The molecule has 0 saturated heterocycles. The number of nitrogens with one attached hydrogen (secondary N) is 2. The number of nitrogens with zero attached hydrogens (tertiary/aromatic N) is 2. The molecule has 0 fully saturated rings. The van der Waals surface area contributed by atoms with Crippen LogP contribution in [0.5, 0.6) is 0 Å². The van der Waals surface area contributed by atoms with Gasteiger partial charge in [-0.3, -0.25) is 4.79 Å². The summed E-state index contributed by atoms with van der Waals surface area (Å²) in [6.45, 7) is 6.61. The second kappa shape index (κ2) is 7.81. The summed E-state index contributed by atoms with van der Waals surface area (Å²) in [5.41, 5.74) is 0. The van der Waals surface area contributed by atoms with Crippen molar-refractivity contribution < 1.29 is 9.32 Å². The maximum atomic E-state index is 11.8. The van der Waals surface area contributed by atoms with Gasteiger partial charge >= 0.3 is 0 Å². The number of carbonyl (C=O) groups is 1. The maximum Gasteiger partial charge on any atom is 0.237 e. The number of hydrogen-bond acceptors (Lipinski definition) is 5. The molecule has 102 valence electrons. The Labute approximate surface area is 108 Å². The van der Waals surface area contributed by atoms with Crippen LogP contribution in [0.4, 0.5) is 0 Å². The molecule has 6 heteroatoms. The van der Waals surface area contributed by atoms with E-state index in [1.54, 1.807) is 0 Å². The molecule has 1 aromatic heterocycles. The van der Waals surface area contributed by atoms with Crippen LogP contribution < -0.4 is 10.6 Å². The lowest BCUT2D eigenvalue weighted by atomic mass is 10.2. The van der Waals surface area contributed by atoms with Gasteiger partial charge in [-0.2, -0.15) is 4.98 Å². The monoisotopic (exact) mass is 254 g/mol. The number of rotatable bonds is 8. The fourth-order valence-corrected chi connectivity index (χ4v) is 1.67. The highest BCUT2D eigenvalue weighted by molar-refractivity contribution is 5.81. The molecule has 0 radical (unpaired) electrons. The summed E-state index contributed by atoms with van der Waals surface area (Å²) in [6.07, 6.45) is 4.07. The van der Waals surface area contributed by atoms with Crippen LogP contribution in [-0.2, 0) is 11.2 Å². The molecule has 18 heavy (non-hydrogen) atoms. The molecule has 0 aliphatic heterocycles. The van der Waals surface area contributed by atoms with Crippen molar-refractivity contribution in [1.29, 1.82) is 0 Å². The van der Waals surface area contributed by atoms with Crippen LogP contribution in [0.2, 0.25) is 0 Å². The molecular weight excluding hydrogens is 232 g/mol. The fourth-order valence-electron chi connectivity index (χ4n) is 1.67. The molecule has 1 heterocycles. The predicted octanol–water partition coefficient (Wildman–Crippen LogP) is 0.895. The zero-order valence-corrected chi connectivity index (χ0v) is 11.3. The highest BCUT2D eigenvalue weighted by atomic mass is 16.5. The second-order valence-electron chi connectivity index (χ2n) is 4.46. The zero-order chi connectivity index (χ0) is 13.4. The molecular formula is C12H22N4O2. The number of hydrogen-bond donors (Lipinski definition) is 2. The van der Waals surface area contributed by atoms with Gasteiger partial charge in [0, 0.05) is 19.0 Å². The third kappa shape index (κ3) is 5.27. The second-order valence-corrected chi connectivity index (χ2v) is 4.46. The van der Waals surface area contributed by atoms with Gasteiger partial charge in [-0.1, -0.05) is 18.5 Å². The van der Waals surface area contributed by atoms with Gasteiger partial charge in [-0.25, -0.2) is 0 Å². The van der Waals surface area contributed by atoms with Crippen molar-refractivity contribution in [3.05, 3.63) is 12.2 Å². The Morgan fingerprint density at radius 3 is 2.89 bits per heavy atom. The van der Waals surface area contributed by atoms with E-state index in [0.717, 1.165) is 12.8 Å². The topological polar surface area (TPSA) is 80.0 Å². The minimum Gasteiger partial charge on any atom is -0.352 e. The molecule has 0 spiro atoms. The summed E-state index contributed by atoms with van der Waals surface area (Å²) in [6, 6.07) is 0.00918. The first kappa shape index (κ1) is 14.6. The quantitative estimate of drug-likeness (QED) is 0.720. The van der Waals surface area contributed by atoms with Crippen LogP contribution in [0.3, 0.4) is 0 Å². The van der Waals surface area contributed by atoms with Gasteiger partial charge in [-0.05, 0) is 20.3 Å². The molecule has 1 aromatic rings. The van der Waals surface area contributed by atoms with Crippen LogP contribution in [0.1, 0.15) is 39.5 Å². The van der Waals surface area contributed by atoms with Gasteiger partial charge in [0.15, 0.2) is 6.33 Å². The number of carbonyl (C=O) groups excluding carboxylic acids is 1. The smallest absolute Gasteiger partial charge is 0.237 e. The molecule has 0 aliphatic carbocycles. The normalized spacial score (nSPS) is 14.2. The van der Waals surface area contributed by atoms with Crippen LogP contribution in [0.25, 0.3) is 0 Å². The van der Waals surface area contributed by atoms with Crippen molar-refractivity contribution in [2.24, 2.45) is 0 Å². The molecule has 2 atom stereocenters. The zero-order valence-electron chi connectivity index (χ0n) is 11.3. The molecule has 1 rings (SSSR count). The third-order valence-corrected chi connectivity index (χ3v) is 2.70. The summed E-state index contributed by atoms with van der Waals surface area (Å²) in [7, 11) is 0. The molecule has 0 bridgehead atoms. The van der Waals surface area contributed by atoms with E-state index in [1.807, 2.05) is 13.8 Å². The minimum absolute atomic E-state index is 0.0291. The van der Waals surface area contributed by atoms with Crippen LogP contribution in [0.15, 0.2) is 10.9 Å². The van der Waals surface area contributed by atoms with Gasteiger partial charge in [0.1, 0.15) is 0 Å².